The molecule has 0 aliphatic carbocycles. The van der Waals surface area contributed by atoms with Gasteiger partial charge in [-0.3, -0.25) is 0 Å². The first-order valence-electron chi connectivity index (χ1n) is 6.41. The van der Waals surface area contributed by atoms with Gasteiger partial charge in [0.1, 0.15) is 0 Å². The van der Waals surface area contributed by atoms with Crippen molar-refractivity contribution >= 4 is 16.6 Å². The van der Waals surface area contributed by atoms with Crippen LogP contribution in [0.1, 0.15) is 11.3 Å². The van der Waals surface area contributed by atoms with Gasteiger partial charge >= 0.3 is 6.18 Å². The van der Waals surface area contributed by atoms with Gasteiger partial charge in [-0.2, -0.15) is 13.2 Å². The molecule has 0 fully saturated rings. The third-order valence-electron chi connectivity index (χ3n) is 3.42. The molecule has 5 heteroatoms. The van der Waals surface area contributed by atoms with Gasteiger partial charge in [0.05, 0.1) is 11.1 Å². The lowest BCUT2D eigenvalue weighted by molar-refractivity contribution is -0.137. The maximum Gasteiger partial charge on any atom is 0.416 e. The fraction of sp³-hybridized carbons (Fsp3) is 0.125. The lowest BCUT2D eigenvalue weighted by atomic mass is 10.1. The van der Waals surface area contributed by atoms with Crippen molar-refractivity contribution in [1.82, 2.24) is 4.57 Å². The lowest BCUT2D eigenvalue weighted by Gasteiger charge is -2.13. The monoisotopic (exact) mass is 290 g/mol. The second-order valence-corrected chi connectivity index (χ2v) is 4.99. The van der Waals surface area contributed by atoms with Crippen molar-refractivity contribution in [2.24, 2.45) is 0 Å². The number of fused-ring (bicyclic) bond motifs is 1. The Labute approximate surface area is 119 Å². The average Bonchev–Trinajstić information content (AvgIpc) is 2.72. The molecule has 1 heterocycles. The molecule has 2 nitrogen and oxygen atoms in total. The second kappa shape index (κ2) is 4.55. The minimum Gasteiger partial charge on any atom is -0.399 e. The van der Waals surface area contributed by atoms with Crippen molar-refractivity contribution in [3.05, 3.63) is 59.8 Å². The standard InChI is InChI=1S/C16H13F3N2/c1-10-6-11-4-2-3-5-15(11)21(10)14-8-12(16(17,18)19)7-13(20)9-14/h2-9H,20H2,1H3. The van der Waals surface area contributed by atoms with Crippen LogP contribution in [0.15, 0.2) is 48.5 Å². The third kappa shape index (κ3) is 2.35. The molecule has 2 aromatic carbocycles. The molecule has 0 aliphatic rings. The number of nitrogen functional groups attached to an aromatic ring is 1. The molecule has 0 bridgehead atoms. The van der Waals surface area contributed by atoms with Crippen molar-refractivity contribution < 1.29 is 13.2 Å². The van der Waals surface area contributed by atoms with Crippen molar-refractivity contribution in [2.45, 2.75) is 13.1 Å². The summed E-state index contributed by atoms with van der Waals surface area (Å²) in [5.74, 6) is 0. The molecule has 0 unspecified atom stereocenters. The molecular formula is C16H13F3N2. The average molecular weight is 290 g/mol. The molecule has 0 amide bonds. The first kappa shape index (κ1) is 13.5. The van der Waals surface area contributed by atoms with Crippen molar-refractivity contribution in [2.75, 3.05) is 5.73 Å². The molecule has 0 aliphatic heterocycles. The zero-order valence-corrected chi connectivity index (χ0v) is 11.3. The number of nitrogens with two attached hydrogens (primary N) is 1. The van der Waals surface area contributed by atoms with Crippen molar-refractivity contribution in [1.29, 1.82) is 0 Å². The van der Waals surface area contributed by atoms with Crippen LogP contribution in [0.5, 0.6) is 0 Å². The number of halogens is 3. The molecule has 0 atom stereocenters. The van der Waals surface area contributed by atoms with Gasteiger partial charge in [-0.1, -0.05) is 18.2 Å². The highest BCUT2D eigenvalue weighted by molar-refractivity contribution is 5.83. The Morgan fingerprint density at radius 1 is 1.00 bits per heavy atom. The van der Waals surface area contributed by atoms with E-state index in [-0.39, 0.29) is 5.69 Å². The van der Waals surface area contributed by atoms with Crippen LogP contribution in [0, 0.1) is 6.92 Å². The van der Waals surface area contributed by atoms with Gasteiger partial charge in [-0.15, -0.1) is 0 Å². The van der Waals surface area contributed by atoms with E-state index in [1.54, 1.807) is 10.6 Å². The summed E-state index contributed by atoms with van der Waals surface area (Å²) in [5.41, 5.74) is 7.13. The fourth-order valence-electron chi connectivity index (χ4n) is 2.56. The van der Waals surface area contributed by atoms with Crippen LogP contribution in [0.3, 0.4) is 0 Å². The zero-order valence-electron chi connectivity index (χ0n) is 11.3. The smallest absolute Gasteiger partial charge is 0.399 e. The highest BCUT2D eigenvalue weighted by atomic mass is 19.4. The predicted molar refractivity (Wildman–Crippen MR) is 77.4 cm³/mol. The number of alkyl halides is 3. The maximum absolute atomic E-state index is 12.9. The van der Waals surface area contributed by atoms with Crippen LogP contribution in [-0.4, -0.2) is 4.57 Å². The Morgan fingerprint density at radius 2 is 1.71 bits per heavy atom. The number of aromatic nitrogens is 1. The molecule has 3 aromatic rings. The van der Waals surface area contributed by atoms with Gasteiger partial charge in [0.2, 0.25) is 0 Å². The number of aryl methyl sites for hydroxylation is 1. The van der Waals surface area contributed by atoms with E-state index in [4.69, 9.17) is 5.73 Å². The van der Waals surface area contributed by atoms with Gasteiger partial charge in [0, 0.05) is 22.5 Å². The number of rotatable bonds is 1. The molecule has 0 saturated carbocycles. The summed E-state index contributed by atoms with van der Waals surface area (Å²) in [6, 6.07) is 13.1. The van der Waals surface area contributed by atoms with Gasteiger partial charge in [0.15, 0.2) is 0 Å². The number of para-hydroxylation sites is 1. The zero-order chi connectivity index (χ0) is 15.2. The van der Waals surface area contributed by atoms with E-state index in [1.807, 2.05) is 37.3 Å². The van der Waals surface area contributed by atoms with E-state index in [2.05, 4.69) is 0 Å². The SMILES string of the molecule is Cc1cc2ccccc2n1-c1cc(N)cc(C(F)(F)F)c1. The molecule has 0 saturated heterocycles. The minimum absolute atomic E-state index is 0.0945. The Balaban J connectivity index is 2.28. The summed E-state index contributed by atoms with van der Waals surface area (Å²) in [4.78, 5) is 0. The topological polar surface area (TPSA) is 30.9 Å². The molecule has 2 N–H and O–H groups in total. The molecule has 3 rings (SSSR count). The van der Waals surface area contributed by atoms with Gasteiger partial charge < -0.3 is 10.3 Å². The van der Waals surface area contributed by atoms with E-state index in [0.29, 0.717) is 5.69 Å². The summed E-state index contributed by atoms with van der Waals surface area (Å²) in [6.07, 6.45) is -4.42. The number of nitrogens with zero attached hydrogens (tertiary/aromatic N) is 1. The second-order valence-electron chi connectivity index (χ2n) is 4.99. The Bertz CT molecular complexity index is 816. The largest absolute Gasteiger partial charge is 0.416 e. The van der Waals surface area contributed by atoms with E-state index >= 15 is 0 Å². The van der Waals surface area contributed by atoms with E-state index in [0.717, 1.165) is 28.7 Å². The van der Waals surface area contributed by atoms with Gasteiger partial charge in [-0.05, 0) is 37.3 Å². The summed E-state index contributed by atoms with van der Waals surface area (Å²) in [7, 11) is 0. The van der Waals surface area contributed by atoms with Crippen LogP contribution in [0.4, 0.5) is 18.9 Å². The summed E-state index contributed by atoms with van der Waals surface area (Å²) >= 11 is 0. The van der Waals surface area contributed by atoms with Gasteiger partial charge in [0.25, 0.3) is 0 Å². The molecular weight excluding hydrogens is 277 g/mol. The number of hydrogen-bond donors (Lipinski definition) is 1. The first-order valence-corrected chi connectivity index (χ1v) is 6.41. The molecule has 21 heavy (non-hydrogen) atoms. The van der Waals surface area contributed by atoms with Crippen molar-refractivity contribution in [3.8, 4) is 5.69 Å². The van der Waals surface area contributed by atoms with Crippen LogP contribution in [-0.2, 0) is 6.18 Å². The summed E-state index contributed by atoms with van der Waals surface area (Å²) in [5, 5.41) is 0.978. The normalized spacial score (nSPS) is 12.0. The van der Waals surface area contributed by atoms with Crippen LogP contribution >= 0.6 is 0 Å². The van der Waals surface area contributed by atoms with E-state index in [1.165, 1.54) is 0 Å². The van der Waals surface area contributed by atoms with Gasteiger partial charge in [-0.25, -0.2) is 0 Å². The Hall–Kier alpha value is -2.43. The first-order chi connectivity index (χ1) is 9.86. The predicted octanol–water partition coefficient (Wildman–Crippen LogP) is 4.54. The maximum atomic E-state index is 12.9. The van der Waals surface area contributed by atoms with E-state index < -0.39 is 11.7 Å². The highest BCUT2D eigenvalue weighted by Crippen LogP contribution is 2.33. The third-order valence-corrected chi connectivity index (χ3v) is 3.42. The number of anilines is 1. The molecule has 108 valence electrons. The fourth-order valence-corrected chi connectivity index (χ4v) is 2.56. The summed E-state index contributed by atoms with van der Waals surface area (Å²) < 4.78 is 40.6. The summed E-state index contributed by atoms with van der Waals surface area (Å²) in [6.45, 7) is 1.86. The quantitative estimate of drug-likeness (QED) is 0.655. The van der Waals surface area contributed by atoms with Crippen LogP contribution < -0.4 is 5.73 Å². The number of benzene rings is 2. The van der Waals surface area contributed by atoms with Crippen LogP contribution in [0.25, 0.3) is 16.6 Å². The van der Waals surface area contributed by atoms with E-state index in [9.17, 15) is 13.2 Å². The molecule has 0 spiro atoms. The number of hydrogen-bond acceptors (Lipinski definition) is 1. The minimum atomic E-state index is -4.42. The lowest BCUT2D eigenvalue weighted by Crippen LogP contribution is -2.08. The van der Waals surface area contributed by atoms with Crippen molar-refractivity contribution in [3.63, 3.8) is 0 Å². The Morgan fingerprint density at radius 3 is 2.43 bits per heavy atom. The highest BCUT2D eigenvalue weighted by Gasteiger charge is 2.31. The molecule has 0 radical (unpaired) electrons. The molecule has 1 aromatic heterocycles. The Kier molecular flexibility index (Phi) is 2.93. The van der Waals surface area contributed by atoms with Crippen LogP contribution in [0.2, 0.25) is 0 Å².